The first-order valence-electron chi connectivity index (χ1n) is 6.50. The minimum atomic E-state index is -0.0634. The number of halogens is 1. The average Bonchev–Trinajstić information content (AvgIpc) is 2.40. The summed E-state index contributed by atoms with van der Waals surface area (Å²) in [6, 6.07) is 8.00. The van der Waals surface area contributed by atoms with E-state index in [4.69, 9.17) is 11.6 Å². The van der Waals surface area contributed by atoms with Gasteiger partial charge in [-0.15, -0.1) is 11.8 Å². The molecule has 2 atom stereocenters. The number of carbonyl (C=O) groups is 1. The topological polar surface area (TPSA) is 32.3 Å². The number of carbonyl (C=O) groups excluding carboxylic acids is 1. The average molecular weight is 299 g/mol. The van der Waals surface area contributed by atoms with Gasteiger partial charge in [0.2, 0.25) is 5.91 Å². The van der Waals surface area contributed by atoms with Crippen LogP contribution in [0.25, 0.3) is 0 Å². The zero-order valence-corrected chi connectivity index (χ0v) is 12.8. The fourth-order valence-corrected chi connectivity index (χ4v) is 3.23. The van der Waals surface area contributed by atoms with Crippen LogP contribution in [0.2, 0.25) is 5.02 Å². The van der Waals surface area contributed by atoms with Gasteiger partial charge in [0.05, 0.1) is 5.25 Å². The van der Waals surface area contributed by atoms with Crippen molar-refractivity contribution in [3.8, 4) is 0 Å². The van der Waals surface area contributed by atoms with Crippen LogP contribution in [0.4, 0.5) is 0 Å². The molecule has 1 aliphatic heterocycles. The van der Waals surface area contributed by atoms with Gasteiger partial charge in [-0.1, -0.05) is 11.6 Å². The Morgan fingerprint density at radius 1 is 1.47 bits per heavy atom. The van der Waals surface area contributed by atoms with Gasteiger partial charge in [0, 0.05) is 35.6 Å². The maximum Gasteiger partial charge on any atom is 0.235 e. The van der Waals surface area contributed by atoms with Crippen LogP contribution in [0.3, 0.4) is 0 Å². The van der Waals surface area contributed by atoms with E-state index >= 15 is 0 Å². The number of piperazine rings is 1. The molecule has 0 aliphatic carbocycles. The molecule has 1 amide bonds. The number of hydrogen-bond acceptors (Lipinski definition) is 3. The maximum absolute atomic E-state index is 12.4. The highest BCUT2D eigenvalue weighted by molar-refractivity contribution is 8.00. The molecule has 1 aromatic rings. The molecule has 0 radical (unpaired) electrons. The fraction of sp³-hybridized carbons (Fsp3) is 0.500. The SMILES string of the molecule is CC1CN(C(=O)C(C)Sc2ccc(Cl)cc2)CCN1. The van der Waals surface area contributed by atoms with Gasteiger partial charge in [-0.25, -0.2) is 0 Å². The van der Waals surface area contributed by atoms with E-state index in [1.807, 2.05) is 36.1 Å². The van der Waals surface area contributed by atoms with Crippen LogP contribution in [0, 0.1) is 0 Å². The highest BCUT2D eigenvalue weighted by Gasteiger charge is 2.25. The lowest BCUT2D eigenvalue weighted by Gasteiger charge is -2.33. The van der Waals surface area contributed by atoms with E-state index < -0.39 is 0 Å². The molecule has 5 heteroatoms. The number of benzene rings is 1. The molecule has 0 spiro atoms. The number of amides is 1. The molecule has 2 rings (SSSR count). The van der Waals surface area contributed by atoms with E-state index in [9.17, 15) is 4.79 Å². The summed E-state index contributed by atoms with van der Waals surface area (Å²) in [4.78, 5) is 15.4. The quantitative estimate of drug-likeness (QED) is 0.871. The lowest BCUT2D eigenvalue weighted by Crippen LogP contribution is -2.53. The highest BCUT2D eigenvalue weighted by atomic mass is 35.5. The molecule has 0 bridgehead atoms. The molecule has 1 fully saturated rings. The van der Waals surface area contributed by atoms with E-state index in [1.165, 1.54) is 0 Å². The lowest BCUT2D eigenvalue weighted by molar-refractivity contribution is -0.131. The normalized spacial score (nSPS) is 21.2. The van der Waals surface area contributed by atoms with Crippen LogP contribution < -0.4 is 5.32 Å². The second kappa shape index (κ2) is 6.64. The van der Waals surface area contributed by atoms with Gasteiger partial charge in [0.1, 0.15) is 0 Å². The van der Waals surface area contributed by atoms with Crippen molar-refractivity contribution in [3.05, 3.63) is 29.3 Å². The first kappa shape index (κ1) is 14.7. The minimum absolute atomic E-state index is 0.0634. The Morgan fingerprint density at radius 2 is 2.16 bits per heavy atom. The molecule has 1 saturated heterocycles. The van der Waals surface area contributed by atoms with Crippen molar-refractivity contribution < 1.29 is 4.79 Å². The van der Waals surface area contributed by atoms with E-state index in [0.29, 0.717) is 6.04 Å². The van der Waals surface area contributed by atoms with Crippen molar-refractivity contribution in [1.82, 2.24) is 10.2 Å². The zero-order chi connectivity index (χ0) is 13.8. The van der Waals surface area contributed by atoms with Crippen LogP contribution in [0.15, 0.2) is 29.2 Å². The van der Waals surface area contributed by atoms with Gasteiger partial charge in [0.15, 0.2) is 0 Å². The number of thioether (sulfide) groups is 1. The molecular formula is C14H19ClN2OS. The van der Waals surface area contributed by atoms with Crippen LogP contribution in [0.1, 0.15) is 13.8 Å². The molecule has 1 aliphatic rings. The molecule has 1 N–H and O–H groups in total. The molecule has 3 nitrogen and oxygen atoms in total. The van der Waals surface area contributed by atoms with Crippen LogP contribution in [-0.4, -0.2) is 41.7 Å². The number of nitrogens with zero attached hydrogens (tertiary/aromatic N) is 1. The van der Waals surface area contributed by atoms with Crippen LogP contribution >= 0.6 is 23.4 Å². The summed E-state index contributed by atoms with van der Waals surface area (Å²) >= 11 is 7.44. The Labute approximate surface area is 123 Å². The fourth-order valence-electron chi connectivity index (χ4n) is 2.16. The van der Waals surface area contributed by atoms with Crippen LogP contribution in [0.5, 0.6) is 0 Å². The van der Waals surface area contributed by atoms with E-state index in [1.54, 1.807) is 11.8 Å². The third-order valence-electron chi connectivity index (χ3n) is 3.15. The summed E-state index contributed by atoms with van der Waals surface area (Å²) < 4.78 is 0. The Morgan fingerprint density at radius 3 is 2.79 bits per heavy atom. The van der Waals surface area contributed by atoms with Gasteiger partial charge < -0.3 is 10.2 Å². The number of rotatable bonds is 3. The standard InChI is InChI=1S/C14H19ClN2OS/c1-10-9-17(8-7-16-10)14(18)11(2)19-13-5-3-12(15)4-6-13/h3-6,10-11,16H,7-9H2,1-2H3. The molecular weight excluding hydrogens is 280 g/mol. The second-order valence-corrected chi connectivity index (χ2v) is 6.70. The lowest BCUT2D eigenvalue weighted by atomic mass is 10.2. The molecule has 1 aromatic carbocycles. The van der Waals surface area contributed by atoms with E-state index in [2.05, 4.69) is 12.2 Å². The zero-order valence-electron chi connectivity index (χ0n) is 11.2. The summed E-state index contributed by atoms with van der Waals surface area (Å²) in [5.41, 5.74) is 0. The smallest absolute Gasteiger partial charge is 0.235 e. The van der Waals surface area contributed by atoms with E-state index in [0.717, 1.165) is 29.6 Å². The van der Waals surface area contributed by atoms with Crippen molar-refractivity contribution >= 4 is 29.3 Å². The molecule has 104 valence electrons. The highest BCUT2D eigenvalue weighted by Crippen LogP contribution is 2.26. The Kier molecular flexibility index (Phi) is 5.13. The van der Waals surface area contributed by atoms with Gasteiger partial charge >= 0.3 is 0 Å². The third-order valence-corrected chi connectivity index (χ3v) is 4.51. The van der Waals surface area contributed by atoms with Gasteiger partial charge in [-0.3, -0.25) is 4.79 Å². The predicted octanol–water partition coefficient (Wildman–Crippen LogP) is 2.64. The Balaban J connectivity index is 1.93. The monoisotopic (exact) mass is 298 g/mol. The predicted molar refractivity (Wildman–Crippen MR) is 80.8 cm³/mol. The molecule has 0 saturated carbocycles. The minimum Gasteiger partial charge on any atom is -0.339 e. The van der Waals surface area contributed by atoms with Crippen molar-refractivity contribution in [2.45, 2.75) is 30.0 Å². The molecule has 1 heterocycles. The van der Waals surface area contributed by atoms with Gasteiger partial charge in [-0.05, 0) is 38.1 Å². The first-order valence-corrected chi connectivity index (χ1v) is 7.76. The van der Waals surface area contributed by atoms with E-state index in [-0.39, 0.29) is 11.2 Å². The molecule has 19 heavy (non-hydrogen) atoms. The van der Waals surface area contributed by atoms with Crippen molar-refractivity contribution in [2.24, 2.45) is 0 Å². The summed E-state index contributed by atoms with van der Waals surface area (Å²) in [5.74, 6) is 0.216. The largest absolute Gasteiger partial charge is 0.339 e. The van der Waals surface area contributed by atoms with Gasteiger partial charge in [0.25, 0.3) is 0 Å². The molecule has 2 unspecified atom stereocenters. The van der Waals surface area contributed by atoms with Gasteiger partial charge in [-0.2, -0.15) is 0 Å². The van der Waals surface area contributed by atoms with Crippen molar-refractivity contribution in [3.63, 3.8) is 0 Å². The summed E-state index contributed by atoms with van der Waals surface area (Å²) in [5, 5.41) is 4.00. The first-order chi connectivity index (χ1) is 9.06. The Bertz CT molecular complexity index is 438. The number of hydrogen-bond donors (Lipinski definition) is 1. The third kappa shape index (κ3) is 4.13. The van der Waals surface area contributed by atoms with Crippen LogP contribution in [-0.2, 0) is 4.79 Å². The number of nitrogens with one attached hydrogen (secondary N) is 1. The summed E-state index contributed by atoms with van der Waals surface area (Å²) in [6.07, 6.45) is 0. The maximum atomic E-state index is 12.4. The van der Waals surface area contributed by atoms with Crippen molar-refractivity contribution in [1.29, 1.82) is 0 Å². The molecule has 0 aromatic heterocycles. The summed E-state index contributed by atoms with van der Waals surface area (Å²) in [6.45, 7) is 6.55. The second-order valence-electron chi connectivity index (χ2n) is 4.85. The summed E-state index contributed by atoms with van der Waals surface area (Å²) in [7, 11) is 0. The van der Waals surface area contributed by atoms with Crippen molar-refractivity contribution in [2.75, 3.05) is 19.6 Å². The Hall–Kier alpha value is -0.710.